The summed E-state index contributed by atoms with van der Waals surface area (Å²) in [6, 6.07) is 4.66. The highest BCUT2D eigenvalue weighted by atomic mass is 35.5. The van der Waals surface area contributed by atoms with Crippen LogP contribution >= 0.6 is 11.6 Å². The molecule has 0 aromatic heterocycles. The zero-order chi connectivity index (χ0) is 11.6. The molecule has 0 aliphatic heterocycles. The third-order valence-corrected chi connectivity index (χ3v) is 4.10. The monoisotopic (exact) mass is 247 g/mol. The summed E-state index contributed by atoms with van der Waals surface area (Å²) in [5, 5.41) is 7.06. The molecule has 1 unspecified atom stereocenters. The first-order chi connectivity index (χ1) is 6.89. The van der Waals surface area contributed by atoms with Gasteiger partial charge < -0.3 is 0 Å². The smallest absolute Gasteiger partial charge is 0.194 e. The summed E-state index contributed by atoms with van der Waals surface area (Å²) in [7, 11) is -3.74. The maximum atomic E-state index is 12.8. The quantitative estimate of drug-likeness (QED) is 0.753. The minimum atomic E-state index is -3.74. The lowest BCUT2D eigenvalue weighted by molar-refractivity contribution is 0.590. The first-order valence-corrected chi connectivity index (χ1v) is 5.90. The minimum Gasteiger partial charge on any atom is -0.222 e. The summed E-state index contributed by atoms with van der Waals surface area (Å²) < 4.78 is 36.0. The summed E-state index contributed by atoms with van der Waals surface area (Å²) in [6.45, 7) is 1.26. The van der Waals surface area contributed by atoms with Crippen molar-refractivity contribution in [3.8, 4) is 6.07 Å². The van der Waals surface area contributed by atoms with Crippen molar-refractivity contribution in [1.29, 1.82) is 5.26 Å². The fourth-order valence-electron chi connectivity index (χ4n) is 0.927. The number of sulfone groups is 1. The summed E-state index contributed by atoms with van der Waals surface area (Å²) in [6.07, 6.45) is 0. The third kappa shape index (κ3) is 2.28. The van der Waals surface area contributed by atoms with Gasteiger partial charge in [0.05, 0.1) is 16.0 Å². The first-order valence-electron chi connectivity index (χ1n) is 3.98. The molecule has 0 bridgehead atoms. The fourth-order valence-corrected chi connectivity index (χ4v) is 2.26. The van der Waals surface area contributed by atoms with Crippen molar-refractivity contribution in [2.45, 2.75) is 17.1 Å². The van der Waals surface area contributed by atoms with E-state index in [9.17, 15) is 12.8 Å². The molecule has 0 spiro atoms. The van der Waals surface area contributed by atoms with Crippen molar-refractivity contribution in [3.63, 3.8) is 0 Å². The molecule has 0 amide bonds. The van der Waals surface area contributed by atoms with Gasteiger partial charge in [0.15, 0.2) is 9.84 Å². The van der Waals surface area contributed by atoms with Gasteiger partial charge in [0, 0.05) is 0 Å². The molecule has 0 heterocycles. The highest BCUT2D eigenvalue weighted by molar-refractivity contribution is 7.92. The second-order valence-electron chi connectivity index (χ2n) is 2.89. The van der Waals surface area contributed by atoms with Crippen molar-refractivity contribution >= 4 is 21.4 Å². The van der Waals surface area contributed by atoms with Crippen LogP contribution in [0.2, 0.25) is 5.02 Å². The highest BCUT2D eigenvalue weighted by Gasteiger charge is 2.23. The molecule has 1 aromatic rings. The maximum Gasteiger partial charge on any atom is 0.194 e. The number of nitriles is 1. The Kier molecular flexibility index (Phi) is 3.32. The molecular weight excluding hydrogens is 241 g/mol. The van der Waals surface area contributed by atoms with E-state index in [1.54, 1.807) is 6.07 Å². The Morgan fingerprint density at radius 3 is 2.60 bits per heavy atom. The Hall–Kier alpha value is -1.12. The number of halogens is 2. The van der Waals surface area contributed by atoms with Gasteiger partial charge in [0.2, 0.25) is 0 Å². The van der Waals surface area contributed by atoms with E-state index in [2.05, 4.69) is 0 Å². The van der Waals surface area contributed by atoms with Gasteiger partial charge >= 0.3 is 0 Å². The topological polar surface area (TPSA) is 57.9 Å². The summed E-state index contributed by atoms with van der Waals surface area (Å²) >= 11 is 5.45. The Morgan fingerprint density at radius 1 is 1.53 bits per heavy atom. The van der Waals surface area contributed by atoms with Gasteiger partial charge in [-0.2, -0.15) is 5.26 Å². The second-order valence-corrected chi connectivity index (χ2v) is 5.57. The minimum absolute atomic E-state index is 0.150. The zero-order valence-corrected chi connectivity index (χ0v) is 9.31. The van der Waals surface area contributed by atoms with Crippen molar-refractivity contribution in [2.24, 2.45) is 0 Å². The molecular formula is C9H7ClFNO2S. The molecule has 0 aliphatic carbocycles. The van der Waals surface area contributed by atoms with Crippen molar-refractivity contribution in [3.05, 3.63) is 29.0 Å². The lowest BCUT2D eigenvalue weighted by Gasteiger charge is -2.06. The zero-order valence-electron chi connectivity index (χ0n) is 7.74. The average molecular weight is 248 g/mol. The molecule has 3 nitrogen and oxygen atoms in total. The van der Waals surface area contributed by atoms with Crippen molar-refractivity contribution in [1.82, 2.24) is 0 Å². The molecule has 80 valence electrons. The third-order valence-electron chi connectivity index (χ3n) is 1.87. The maximum absolute atomic E-state index is 12.8. The number of hydrogen-bond acceptors (Lipinski definition) is 3. The van der Waals surface area contributed by atoms with Gasteiger partial charge in [-0.1, -0.05) is 11.6 Å². The second kappa shape index (κ2) is 4.17. The Labute approximate surface area is 92.0 Å². The first kappa shape index (κ1) is 12.0. The Bertz CT molecular complexity index is 521. The average Bonchev–Trinajstić information content (AvgIpc) is 2.20. The van der Waals surface area contributed by atoms with E-state index in [0.29, 0.717) is 0 Å². The van der Waals surface area contributed by atoms with Gasteiger partial charge in [-0.3, -0.25) is 0 Å². The number of nitrogens with zero attached hydrogens (tertiary/aromatic N) is 1. The molecule has 0 aliphatic rings. The van der Waals surface area contributed by atoms with E-state index < -0.39 is 20.9 Å². The predicted molar refractivity (Wildman–Crippen MR) is 53.7 cm³/mol. The molecule has 1 aromatic carbocycles. The van der Waals surface area contributed by atoms with Gasteiger partial charge in [-0.05, 0) is 25.1 Å². The standard InChI is InChI=1S/C9H7ClFNO2S/c1-6(5-12)15(13,14)7-2-3-9(11)8(10)4-7/h2-4,6H,1H3. The van der Waals surface area contributed by atoms with E-state index in [1.807, 2.05) is 0 Å². The van der Waals surface area contributed by atoms with E-state index in [1.165, 1.54) is 6.92 Å². The molecule has 0 N–H and O–H groups in total. The van der Waals surface area contributed by atoms with Gasteiger partial charge in [0.25, 0.3) is 0 Å². The van der Waals surface area contributed by atoms with E-state index >= 15 is 0 Å². The van der Waals surface area contributed by atoms with E-state index in [4.69, 9.17) is 16.9 Å². The summed E-state index contributed by atoms with van der Waals surface area (Å²) in [5.41, 5.74) is 0. The lowest BCUT2D eigenvalue weighted by Crippen LogP contribution is -2.15. The van der Waals surface area contributed by atoms with Gasteiger partial charge in [-0.15, -0.1) is 0 Å². The number of benzene rings is 1. The molecule has 6 heteroatoms. The largest absolute Gasteiger partial charge is 0.222 e. The van der Waals surface area contributed by atoms with Crippen LogP contribution in [0.15, 0.2) is 23.1 Å². The fraction of sp³-hybridized carbons (Fsp3) is 0.222. The molecule has 0 radical (unpaired) electrons. The molecule has 1 rings (SSSR count). The van der Waals surface area contributed by atoms with Crippen LogP contribution in [0.25, 0.3) is 0 Å². The van der Waals surface area contributed by atoms with Crippen LogP contribution in [0.3, 0.4) is 0 Å². The molecule has 0 saturated carbocycles. The Morgan fingerprint density at radius 2 is 2.13 bits per heavy atom. The summed E-state index contributed by atoms with van der Waals surface area (Å²) in [5.74, 6) is -0.694. The molecule has 0 fully saturated rings. The van der Waals surface area contributed by atoms with Crippen LogP contribution in [0, 0.1) is 17.1 Å². The predicted octanol–water partition coefficient (Wildman–Crippen LogP) is 2.16. The highest BCUT2D eigenvalue weighted by Crippen LogP contribution is 2.22. The van der Waals surface area contributed by atoms with Crippen LogP contribution in [0.5, 0.6) is 0 Å². The van der Waals surface area contributed by atoms with Gasteiger partial charge in [0.1, 0.15) is 11.1 Å². The molecule has 0 saturated heterocycles. The summed E-state index contributed by atoms with van der Waals surface area (Å²) in [4.78, 5) is -0.150. The van der Waals surface area contributed by atoms with Crippen molar-refractivity contribution in [2.75, 3.05) is 0 Å². The lowest BCUT2D eigenvalue weighted by atomic mass is 10.3. The van der Waals surface area contributed by atoms with Crippen LogP contribution in [0.4, 0.5) is 4.39 Å². The molecule has 1 atom stereocenters. The van der Waals surface area contributed by atoms with Crippen LogP contribution in [0.1, 0.15) is 6.92 Å². The van der Waals surface area contributed by atoms with Crippen LogP contribution in [-0.2, 0) is 9.84 Å². The number of rotatable bonds is 2. The van der Waals surface area contributed by atoms with E-state index in [-0.39, 0.29) is 9.92 Å². The van der Waals surface area contributed by atoms with Crippen LogP contribution < -0.4 is 0 Å². The van der Waals surface area contributed by atoms with E-state index in [0.717, 1.165) is 18.2 Å². The molecule has 15 heavy (non-hydrogen) atoms. The van der Waals surface area contributed by atoms with Crippen LogP contribution in [-0.4, -0.2) is 13.7 Å². The van der Waals surface area contributed by atoms with Crippen molar-refractivity contribution < 1.29 is 12.8 Å². The normalized spacial score (nSPS) is 13.2. The number of hydrogen-bond donors (Lipinski definition) is 0. The van der Waals surface area contributed by atoms with Gasteiger partial charge in [-0.25, -0.2) is 12.8 Å². The SMILES string of the molecule is CC(C#N)S(=O)(=O)c1ccc(F)c(Cl)c1. The Balaban J connectivity index is 3.30.